The zero-order chi connectivity index (χ0) is 19.6. The van der Waals surface area contributed by atoms with E-state index in [-0.39, 0.29) is 11.8 Å². The van der Waals surface area contributed by atoms with Gasteiger partial charge in [0.1, 0.15) is 0 Å². The third-order valence-corrected chi connectivity index (χ3v) is 5.17. The van der Waals surface area contributed by atoms with E-state index in [9.17, 15) is 9.59 Å². The lowest BCUT2D eigenvalue weighted by molar-refractivity contribution is -0.116. The van der Waals surface area contributed by atoms with Crippen molar-refractivity contribution in [1.29, 1.82) is 0 Å². The molecule has 0 atom stereocenters. The van der Waals surface area contributed by atoms with Crippen LogP contribution in [0.4, 0.5) is 5.69 Å². The average Bonchev–Trinajstić information content (AvgIpc) is 3.22. The maximum Gasteiger partial charge on any atom is 0.251 e. The van der Waals surface area contributed by atoms with Crippen molar-refractivity contribution in [2.45, 2.75) is 25.7 Å². The molecule has 5 nitrogen and oxygen atoms in total. The fourth-order valence-corrected chi connectivity index (χ4v) is 3.56. The molecule has 2 N–H and O–H groups in total. The molecule has 0 fully saturated rings. The number of pyridine rings is 1. The summed E-state index contributed by atoms with van der Waals surface area (Å²) < 4.78 is 0. The van der Waals surface area contributed by atoms with Crippen LogP contribution in [0.1, 0.15) is 33.6 Å². The highest BCUT2D eigenvalue weighted by molar-refractivity contribution is 7.09. The molecule has 1 aromatic carbocycles. The molecule has 0 bridgehead atoms. The van der Waals surface area contributed by atoms with Crippen molar-refractivity contribution in [3.05, 3.63) is 82.3 Å². The second-order valence-electron chi connectivity index (χ2n) is 6.43. The van der Waals surface area contributed by atoms with Gasteiger partial charge in [0, 0.05) is 41.5 Å². The topological polar surface area (TPSA) is 71.1 Å². The van der Waals surface area contributed by atoms with Gasteiger partial charge in [-0.15, -0.1) is 11.3 Å². The average molecular weight is 394 g/mol. The third-order valence-electron chi connectivity index (χ3n) is 4.24. The number of amides is 2. The number of carbonyl (C=O) groups is 2. The minimum absolute atomic E-state index is 0.0364. The van der Waals surface area contributed by atoms with Crippen LogP contribution in [-0.4, -0.2) is 23.3 Å². The summed E-state index contributed by atoms with van der Waals surface area (Å²) in [6.07, 6.45) is 6.41. The van der Waals surface area contributed by atoms with Crippen LogP contribution < -0.4 is 10.6 Å². The van der Waals surface area contributed by atoms with Gasteiger partial charge in [0.05, 0.1) is 0 Å². The van der Waals surface area contributed by atoms with Gasteiger partial charge in [0.25, 0.3) is 5.91 Å². The Bertz CT molecular complexity index is 895. The van der Waals surface area contributed by atoms with E-state index < -0.39 is 0 Å². The molecule has 3 rings (SSSR count). The Morgan fingerprint density at radius 2 is 1.96 bits per heavy atom. The Morgan fingerprint density at radius 1 is 1.04 bits per heavy atom. The maximum atomic E-state index is 12.3. The van der Waals surface area contributed by atoms with Crippen LogP contribution >= 0.6 is 11.3 Å². The highest BCUT2D eigenvalue weighted by Crippen LogP contribution is 2.14. The number of benzene rings is 1. The summed E-state index contributed by atoms with van der Waals surface area (Å²) in [6.45, 7) is 0.532. The Kier molecular flexibility index (Phi) is 7.32. The van der Waals surface area contributed by atoms with Crippen molar-refractivity contribution in [3.63, 3.8) is 0 Å². The number of rotatable bonds is 9. The molecule has 0 aliphatic carbocycles. The third kappa shape index (κ3) is 6.32. The van der Waals surface area contributed by atoms with Crippen LogP contribution in [0.3, 0.4) is 0 Å². The molecule has 2 amide bonds. The maximum absolute atomic E-state index is 12.3. The van der Waals surface area contributed by atoms with Gasteiger partial charge in [-0.2, -0.15) is 0 Å². The summed E-state index contributed by atoms with van der Waals surface area (Å²) in [7, 11) is 0. The number of carbonyl (C=O) groups excluding carboxylic acids is 2. The standard InChI is InChI=1S/C22H23N3O2S/c26-21(10-2-8-20-9-4-14-28-20)25-19-7-1-6-18(15-19)22(27)24-13-11-17-5-3-12-23-16-17/h1,3-7,9,12,14-16H,2,8,10-11,13H2,(H,24,27)(H,25,26). The summed E-state index contributed by atoms with van der Waals surface area (Å²) in [5.41, 5.74) is 2.25. The predicted molar refractivity (Wildman–Crippen MR) is 113 cm³/mol. The van der Waals surface area contributed by atoms with Crippen LogP contribution in [0.2, 0.25) is 0 Å². The van der Waals surface area contributed by atoms with Gasteiger partial charge in [-0.3, -0.25) is 14.6 Å². The zero-order valence-corrected chi connectivity index (χ0v) is 16.4. The molecule has 0 saturated heterocycles. The van der Waals surface area contributed by atoms with Crippen LogP contribution in [0.5, 0.6) is 0 Å². The van der Waals surface area contributed by atoms with Gasteiger partial charge >= 0.3 is 0 Å². The van der Waals surface area contributed by atoms with Crippen molar-refractivity contribution in [2.75, 3.05) is 11.9 Å². The van der Waals surface area contributed by atoms with E-state index in [0.29, 0.717) is 24.2 Å². The van der Waals surface area contributed by atoms with Gasteiger partial charge in [0.2, 0.25) is 5.91 Å². The Morgan fingerprint density at radius 3 is 2.75 bits per heavy atom. The van der Waals surface area contributed by atoms with Crippen molar-refractivity contribution >= 4 is 28.8 Å². The van der Waals surface area contributed by atoms with Crippen molar-refractivity contribution < 1.29 is 9.59 Å². The number of thiophene rings is 1. The Balaban J connectivity index is 1.44. The van der Waals surface area contributed by atoms with E-state index >= 15 is 0 Å². The van der Waals surface area contributed by atoms with Crippen molar-refractivity contribution in [1.82, 2.24) is 10.3 Å². The SMILES string of the molecule is O=C(CCCc1cccs1)Nc1cccc(C(=O)NCCc2cccnc2)c1. The summed E-state index contributed by atoms with van der Waals surface area (Å²) in [6, 6.07) is 15.0. The number of anilines is 1. The van der Waals surface area contributed by atoms with Gasteiger partial charge in [-0.25, -0.2) is 0 Å². The minimum atomic E-state index is -0.155. The van der Waals surface area contributed by atoms with Gasteiger partial charge in [-0.1, -0.05) is 18.2 Å². The molecule has 0 aliphatic heterocycles. The van der Waals surface area contributed by atoms with Crippen molar-refractivity contribution in [2.24, 2.45) is 0 Å². The molecule has 0 saturated carbocycles. The lowest BCUT2D eigenvalue weighted by Crippen LogP contribution is -2.25. The van der Waals surface area contributed by atoms with Gasteiger partial charge < -0.3 is 10.6 Å². The number of aromatic nitrogens is 1. The minimum Gasteiger partial charge on any atom is -0.352 e. The molecular weight excluding hydrogens is 370 g/mol. The fraction of sp³-hybridized carbons (Fsp3) is 0.227. The first kappa shape index (κ1) is 19.8. The highest BCUT2D eigenvalue weighted by Gasteiger charge is 2.08. The monoisotopic (exact) mass is 393 g/mol. The van der Waals surface area contributed by atoms with E-state index in [4.69, 9.17) is 0 Å². The summed E-state index contributed by atoms with van der Waals surface area (Å²) in [5.74, 6) is -0.191. The molecule has 6 heteroatoms. The fourth-order valence-electron chi connectivity index (χ4n) is 2.81. The van der Waals surface area contributed by atoms with Gasteiger partial charge in [-0.05, 0) is 60.5 Å². The highest BCUT2D eigenvalue weighted by atomic mass is 32.1. The first-order chi connectivity index (χ1) is 13.7. The first-order valence-corrected chi connectivity index (χ1v) is 10.2. The molecule has 28 heavy (non-hydrogen) atoms. The van der Waals surface area contributed by atoms with E-state index in [2.05, 4.69) is 21.7 Å². The molecule has 0 unspecified atom stereocenters. The van der Waals surface area contributed by atoms with Crippen molar-refractivity contribution in [3.8, 4) is 0 Å². The van der Waals surface area contributed by atoms with Crippen LogP contribution in [0.25, 0.3) is 0 Å². The van der Waals surface area contributed by atoms with E-state index in [1.807, 2.05) is 23.6 Å². The molecule has 0 radical (unpaired) electrons. The number of hydrogen-bond acceptors (Lipinski definition) is 4. The largest absolute Gasteiger partial charge is 0.352 e. The second-order valence-corrected chi connectivity index (χ2v) is 7.46. The number of hydrogen-bond donors (Lipinski definition) is 2. The summed E-state index contributed by atoms with van der Waals surface area (Å²) in [5, 5.41) is 7.82. The van der Waals surface area contributed by atoms with E-state index in [1.165, 1.54) is 4.88 Å². The van der Waals surface area contributed by atoms with E-state index in [1.54, 1.807) is 48.0 Å². The molecule has 0 aliphatic rings. The smallest absolute Gasteiger partial charge is 0.251 e. The molecular formula is C22H23N3O2S. The number of nitrogens with zero attached hydrogens (tertiary/aromatic N) is 1. The quantitative estimate of drug-likeness (QED) is 0.575. The summed E-state index contributed by atoms with van der Waals surface area (Å²) in [4.78, 5) is 29.8. The van der Waals surface area contributed by atoms with Crippen LogP contribution in [0, 0.1) is 0 Å². The predicted octanol–water partition coefficient (Wildman–Crippen LogP) is 4.08. The lowest BCUT2D eigenvalue weighted by Gasteiger charge is -2.08. The van der Waals surface area contributed by atoms with Crippen LogP contribution in [-0.2, 0) is 17.6 Å². The lowest BCUT2D eigenvalue weighted by atomic mass is 10.1. The zero-order valence-electron chi connectivity index (χ0n) is 15.6. The molecule has 2 aromatic heterocycles. The number of nitrogens with one attached hydrogen (secondary N) is 2. The van der Waals surface area contributed by atoms with Crippen LogP contribution in [0.15, 0.2) is 66.3 Å². The van der Waals surface area contributed by atoms with E-state index in [0.717, 1.165) is 24.8 Å². The molecule has 0 spiro atoms. The second kappa shape index (κ2) is 10.4. The Hall–Kier alpha value is -2.99. The number of aryl methyl sites for hydroxylation is 1. The first-order valence-electron chi connectivity index (χ1n) is 9.30. The van der Waals surface area contributed by atoms with Gasteiger partial charge in [0.15, 0.2) is 0 Å². The normalized spacial score (nSPS) is 10.4. The Labute approximate surface area is 168 Å². The molecule has 3 aromatic rings. The molecule has 144 valence electrons. The molecule has 2 heterocycles. The summed E-state index contributed by atoms with van der Waals surface area (Å²) >= 11 is 1.71.